The first kappa shape index (κ1) is 10.1. The number of hydrogen-bond donors (Lipinski definition) is 2. The first-order chi connectivity index (χ1) is 5.66. The number of alkyl halides is 1. The van der Waals surface area contributed by atoms with Crippen LogP contribution >= 0.6 is 27.5 Å². The molecule has 0 amide bonds. The van der Waals surface area contributed by atoms with Crippen LogP contribution in [0.25, 0.3) is 0 Å². The lowest BCUT2D eigenvalue weighted by molar-refractivity contribution is 0.425. The van der Waals surface area contributed by atoms with E-state index in [9.17, 15) is 0 Å². The summed E-state index contributed by atoms with van der Waals surface area (Å²) in [5, 5.41) is 18.9. The van der Waals surface area contributed by atoms with E-state index in [2.05, 4.69) is 15.9 Å². The molecule has 0 aromatic heterocycles. The molecule has 64 valence electrons. The highest BCUT2D eigenvalue weighted by molar-refractivity contribution is 9.08. The molecule has 1 rings (SSSR count). The molecule has 2 nitrogen and oxygen atoms in total. The van der Waals surface area contributed by atoms with Gasteiger partial charge >= 0.3 is 7.12 Å². The predicted molar refractivity (Wildman–Crippen MR) is 53.9 cm³/mol. The zero-order valence-corrected chi connectivity index (χ0v) is 8.51. The summed E-state index contributed by atoms with van der Waals surface area (Å²) >= 11 is 9.04. The van der Waals surface area contributed by atoms with Crippen molar-refractivity contribution in [2.24, 2.45) is 0 Å². The molecule has 0 heterocycles. The lowest BCUT2D eigenvalue weighted by atomic mass is 9.77. The van der Waals surface area contributed by atoms with Crippen LogP contribution in [0.3, 0.4) is 0 Å². The molecule has 0 spiro atoms. The van der Waals surface area contributed by atoms with Gasteiger partial charge in [0, 0.05) is 10.4 Å². The second-order valence-corrected chi connectivity index (χ2v) is 3.28. The fraction of sp³-hybridized carbons (Fsp3) is 0.143. The lowest BCUT2D eigenvalue weighted by Gasteiger charge is -2.06. The fourth-order valence-corrected chi connectivity index (χ4v) is 1.99. The molecule has 0 fully saturated rings. The lowest BCUT2D eigenvalue weighted by Crippen LogP contribution is -2.32. The molecule has 0 saturated carbocycles. The third-order valence-electron chi connectivity index (χ3n) is 1.57. The zero-order chi connectivity index (χ0) is 9.14. The molecule has 0 atom stereocenters. The van der Waals surface area contributed by atoms with Gasteiger partial charge in [0.15, 0.2) is 0 Å². The van der Waals surface area contributed by atoms with Crippen molar-refractivity contribution in [1.82, 2.24) is 0 Å². The quantitative estimate of drug-likeness (QED) is 0.604. The Hall–Kier alpha value is -0.0251. The Bertz CT molecular complexity index is 280. The molecule has 2 N–H and O–H groups in total. The van der Waals surface area contributed by atoms with E-state index in [1.165, 1.54) is 0 Å². The van der Waals surface area contributed by atoms with Gasteiger partial charge in [-0.3, -0.25) is 0 Å². The molecule has 1 aromatic carbocycles. The minimum Gasteiger partial charge on any atom is -0.423 e. The van der Waals surface area contributed by atoms with Gasteiger partial charge in [0.25, 0.3) is 0 Å². The van der Waals surface area contributed by atoms with Crippen LogP contribution in [-0.2, 0) is 5.33 Å². The van der Waals surface area contributed by atoms with Crippen molar-refractivity contribution in [2.45, 2.75) is 5.33 Å². The molecule has 0 aliphatic heterocycles. The highest BCUT2D eigenvalue weighted by atomic mass is 79.9. The Morgan fingerprint density at radius 2 is 2.08 bits per heavy atom. The van der Waals surface area contributed by atoms with Crippen molar-refractivity contribution in [3.05, 3.63) is 28.8 Å². The van der Waals surface area contributed by atoms with Crippen LogP contribution in [0.1, 0.15) is 5.56 Å². The first-order valence-corrected chi connectivity index (χ1v) is 4.86. The summed E-state index contributed by atoms with van der Waals surface area (Å²) in [6.07, 6.45) is 0. The van der Waals surface area contributed by atoms with Gasteiger partial charge in [-0.1, -0.05) is 39.7 Å². The smallest absolute Gasteiger partial charge is 0.423 e. The third kappa shape index (κ3) is 2.01. The Kier molecular flexibility index (Phi) is 3.59. The second-order valence-electron chi connectivity index (χ2n) is 2.31. The number of halogens is 2. The van der Waals surface area contributed by atoms with Gasteiger partial charge in [-0.25, -0.2) is 0 Å². The van der Waals surface area contributed by atoms with E-state index < -0.39 is 7.12 Å². The predicted octanol–water partition coefficient (Wildman–Crippen LogP) is 0.915. The molecule has 1 aromatic rings. The van der Waals surface area contributed by atoms with Gasteiger partial charge in [0.05, 0.1) is 0 Å². The van der Waals surface area contributed by atoms with Crippen molar-refractivity contribution < 1.29 is 10.0 Å². The molecule has 0 aliphatic rings. The summed E-state index contributed by atoms with van der Waals surface area (Å²) in [7, 11) is -1.46. The fourth-order valence-electron chi connectivity index (χ4n) is 0.958. The average molecular weight is 249 g/mol. The Morgan fingerprint density at radius 3 is 2.50 bits per heavy atom. The minimum atomic E-state index is -1.46. The molecular weight excluding hydrogens is 242 g/mol. The highest BCUT2D eigenvalue weighted by Crippen LogP contribution is 2.16. The molecule has 0 saturated heterocycles. The normalized spacial score (nSPS) is 10.0. The maximum absolute atomic E-state index is 8.94. The van der Waals surface area contributed by atoms with Crippen molar-refractivity contribution in [1.29, 1.82) is 0 Å². The van der Waals surface area contributed by atoms with Gasteiger partial charge in [-0.2, -0.15) is 0 Å². The van der Waals surface area contributed by atoms with E-state index in [0.29, 0.717) is 21.4 Å². The van der Waals surface area contributed by atoms with Gasteiger partial charge in [-0.15, -0.1) is 0 Å². The van der Waals surface area contributed by atoms with Crippen LogP contribution in [0.2, 0.25) is 5.02 Å². The summed E-state index contributed by atoms with van der Waals surface area (Å²) in [6, 6.07) is 5.03. The second kappa shape index (κ2) is 4.28. The van der Waals surface area contributed by atoms with Crippen LogP contribution in [0.5, 0.6) is 0 Å². The zero-order valence-electron chi connectivity index (χ0n) is 6.17. The first-order valence-electron chi connectivity index (χ1n) is 3.36. The number of hydrogen-bond acceptors (Lipinski definition) is 2. The Labute approximate surface area is 84.4 Å². The Balaban J connectivity index is 3.18. The van der Waals surface area contributed by atoms with Crippen LogP contribution < -0.4 is 5.46 Å². The maximum Gasteiger partial charge on any atom is 0.488 e. The number of rotatable bonds is 2. The van der Waals surface area contributed by atoms with Crippen LogP contribution in [0.4, 0.5) is 0 Å². The van der Waals surface area contributed by atoms with E-state index >= 15 is 0 Å². The topological polar surface area (TPSA) is 40.5 Å². The van der Waals surface area contributed by atoms with Crippen molar-refractivity contribution in [2.75, 3.05) is 0 Å². The molecule has 0 unspecified atom stereocenters. The standard InChI is InChI=1S/C7H7BBrClO2/c9-4-5-6(8(11)12)2-1-3-7(5)10/h1-3,11-12H,4H2. The summed E-state index contributed by atoms with van der Waals surface area (Å²) in [4.78, 5) is 0. The van der Waals surface area contributed by atoms with E-state index in [1.54, 1.807) is 18.2 Å². The third-order valence-corrected chi connectivity index (χ3v) is 2.48. The van der Waals surface area contributed by atoms with Crippen LogP contribution in [-0.4, -0.2) is 17.2 Å². The average Bonchev–Trinajstić information content (AvgIpc) is 2.03. The maximum atomic E-state index is 8.94. The van der Waals surface area contributed by atoms with E-state index in [-0.39, 0.29) is 0 Å². The Morgan fingerprint density at radius 1 is 1.42 bits per heavy atom. The highest BCUT2D eigenvalue weighted by Gasteiger charge is 2.16. The van der Waals surface area contributed by atoms with Crippen LogP contribution in [0.15, 0.2) is 18.2 Å². The molecule has 0 bridgehead atoms. The minimum absolute atomic E-state index is 0.444. The molecular formula is C7H7BBrClO2. The SMILES string of the molecule is OB(O)c1cccc(Cl)c1CBr. The summed E-state index contributed by atoms with van der Waals surface area (Å²) in [6.45, 7) is 0. The largest absolute Gasteiger partial charge is 0.488 e. The van der Waals surface area contributed by atoms with E-state index in [0.717, 1.165) is 0 Å². The summed E-state index contributed by atoms with van der Waals surface area (Å²) < 4.78 is 0. The molecule has 0 radical (unpaired) electrons. The molecule has 12 heavy (non-hydrogen) atoms. The summed E-state index contributed by atoms with van der Waals surface area (Å²) in [5.41, 5.74) is 1.16. The van der Waals surface area contributed by atoms with Crippen LogP contribution in [0, 0.1) is 0 Å². The number of benzene rings is 1. The van der Waals surface area contributed by atoms with E-state index in [4.69, 9.17) is 21.6 Å². The van der Waals surface area contributed by atoms with Gasteiger partial charge in [0.1, 0.15) is 0 Å². The summed E-state index contributed by atoms with van der Waals surface area (Å²) in [5.74, 6) is 0. The molecule has 5 heteroatoms. The van der Waals surface area contributed by atoms with Crippen molar-refractivity contribution >= 4 is 40.1 Å². The van der Waals surface area contributed by atoms with Crippen molar-refractivity contribution in [3.63, 3.8) is 0 Å². The van der Waals surface area contributed by atoms with Gasteiger partial charge in [-0.05, 0) is 17.1 Å². The van der Waals surface area contributed by atoms with Gasteiger partial charge in [0.2, 0.25) is 0 Å². The monoisotopic (exact) mass is 248 g/mol. The van der Waals surface area contributed by atoms with E-state index in [1.807, 2.05) is 0 Å². The van der Waals surface area contributed by atoms with Crippen molar-refractivity contribution in [3.8, 4) is 0 Å². The molecule has 0 aliphatic carbocycles. The van der Waals surface area contributed by atoms with Gasteiger partial charge < -0.3 is 10.0 Å².